The Balaban J connectivity index is 0.000000131. The molecule has 0 bridgehead atoms. The number of benzene rings is 3. The average molecular weight is 1520 g/mol. The van der Waals surface area contributed by atoms with Gasteiger partial charge in [-0.15, -0.1) is 0 Å². The Morgan fingerprint density at radius 2 is 0.800 bits per heavy atom. The summed E-state index contributed by atoms with van der Waals surface area (Å²) in [6.45, 7) is 18.0. The monoisotopic (exact) mass is 1520 g/mol. The summed E-state index contributed by atoms with van der Waals surface area (Å²) in [4.78, 5) is 40.6. The second-order valence-electron chi connectivity index (χ2n) is 33.0. The maximum Gasteiger partial charge on any atom is 0.243 e. The lowest BCUT2D eigenvalue weighted by Gasteiger charge is -2.32. The van der Waals surface area contributed by atoms with E-state index >= 15 is 4.39 Å². The van der Waals surface area contributed by atoms with Gasteiger partial charge in [-0.25, -0.2) is 27.8 Å². The van der Waals surface area contributed by atoms with Crippen LogP contribution in [-0.4, -0.2) is 234 Å². The van der Waals surface area contributed by atoms with Crippen LogP contribution >= 0.6 is 0 Å². The number of nitrogens with one attached hydrogen (secondary N) is 3. The molecule has 6 N–H and O–H groups in total. The zero-order chi connectivity index (χ0) is 75.8. The van der Waals surface area contributed by atoms with Crippen molar-refractivity contribution in [2.45, 2.75) is 190 Å². The largest absolute Gasteiger partial charge is 0.393 e. The molecule has 5 saturated carbocycles. The Morgan fingerprint density at radius 1 is 0.436 bits per heavy atom. The first kappa shape index (κ1) is 77.7. The molecule has 5 aliphatic carbocycles. The molecule has 3 aliphatic heterocycles. The van der Waals surface area contributed by atoms with Gasteiger partial charge < -0.3 is 59.7 Å². The summed E-state index contributed by atoms with van der Waals surface area (Å²) in [5.41, 5.74) is 11.2. The van der Waals surface area contributed by atoms with Crippen LogP contribution in [0.1, 0.15) is 165 Å². The Labute approximate surface area is 649 Å². The summed E-state index contributed by atoms with van der Waals surface area (Å²) in [6, 6.07) is 23.2. The van der Waals surface area contributed by atoms with E-state index in [-0.39, 0.29) is 29.2 Å². The second kappa shape index (κ2) is 35.6. The fraction of sp³-hybridized carbons (Fsp3) is 0.576. The Morgan fingerprint density at radius 3 is 1.17 bits per heavy atom. The lowest BCUT2D eigenvalue weighted by molar-refractivity contribution is 0.111. The van der Waals surface area contributed by atoms with Gasteiger partial charge in [-0.1, -0.05) is 93.6 Å². The zero-order valence-corrected chi connectivity index (χ0v) is 66.1. The smallest absolute Gasteiger partial charge is 0.243 e. The van der Waals surface area contributed by atoms with E-state index in [4.69, 9.17) is 19.9 Å². The van der Waals surface area contributed by atoms with Gasteiger partial charge in [0.1, 0.15) is 22.8 Å². The molecular formula is C85H117FN18O5S. The molecule has 0 unspecified atom stereocenters. The maximum atomic E-state index is 15.7. The van der Waals surface area contributed by atoms with Crippen LogP contribution in [0.3, 0.4) is 0 Å². The van der Waals surface area contributed by atoms with Crippen molar-refractivity contribution in [1.82, 2.24) is 72.4 Å². The van der Waals surface area contributed by atoms with Gasteiger partial charge in [-0.3, -0.25) is 9.80 Å². The van der Waals surface area contributed by atoms with Crippen LogP contribution in [0.4, 0.5) is 22.2 Å². The molecule has 110 heavy (non-hydrogen) atoms. The highest BCUT2D eigenvalue weighted by molar-refractivity contribution is 7.89. The summed E-state index contributed by atoms with van der Waals surface area (Å²) in [5.74, 6) is 3.09. The first-order valence-electron chi connectivity index (χ1n) is 41.4. The lowest BCUT2D eigenvalue weighted by atomic mass is 9.93. The van der Waals surface area contributed by atoms with Gasteiger partial charge in [0.05, 0.1) is 23.2 Å². The predicted octanol–water partition coefficient (Wildman–Crippen LogP) is 12.9. The number of aliphatic hydroxyl groups is 3. The third-order valence-electron chi connectivity index (χ3n) is 24.6. The van der Waals surface area contributed by atoms with Gasteiger partial charge >= 0.3 is 0 Å². The van der Waals surface area contributed by atoms with Gasteiger partial charge in [0.2, 0.25) is 27.9 Å². The number of aliphatic hydroxyl groups excluding tert-OH is 3. The standard InChI is InChI=1S/C29H40N6O.C28H37FN6O3S.C28H40N6O/c1-33-14-16-34(17-15-33)19-22-4-6-23(7-5-22)27-20-35(24-8-10-25(36)11-9-24)28-26(27)18-31-29(32-28)30-13-12-21-2-3-21;1-33-12-14-34(15-13-33)39(37,38)22-8-9-23(26(29)16-22)25-18-35(20-4-6-21(36)7-5-20)27-24(25)17-31-28(32-27)30-11-10-19-2-3-19;1-3-4-13-29-28-30-18-25-26(20-34(27(25)31-28)23-9-11-24(35)12-10-23)22-7-5-21(6-8-22)19-33-16-14-32(2)15-17-33/h4-7,18,20-21,24-25,36H,2-3,8-17,19H2,1H3,(H,30,31,32);8-9,16-21,36H,2-7,10-15H2,1H3,(H,30,31,32);5-8,18,20,23-24,35H,3-4,9-17,19H2,1-2H3,(H,29,30,31). The quantitative estimate of drug-likeness (QED) is 0.0308. The number of aromatic nitrogens is 9. The number of hydrogen-bond donors (Lipinski definition) is 6. The first-order valence-corrected chi connectivity index (χ1v) is 42.8. The molecule has 8 aliphatic rings. The fourth-order valence-electron chi connectivity index (χ4n) is 17.0. The number of halogens is 1. The first-order chi connectivity index (χ1) is 53.5. The predicted molar refractivity (Wildman–Crippen MR) is 436 cm³/mol. The van der Waals surface area contributed by atoms with Crippen molar-refractivity contribution in [2.75, 3.05) is 135 Å². The molecule has 590 valence electrons. The number of rotatable bonds is 24. The van der Waals surface area contributed by atoms with E-state index in [1.54, 1.807) is 12.3 Å². The Kier molecular flexibility index (Phi) is 25.2. The molecule has 3 saturated heterocycles. The molecule has 0 radical (unpaired) electrons. The summed E-state index contributed by atoms with van der Waals surface area (Å²) in [6.07, 6.45) is 31.9. The maximum absolute atomic E-state index is 15.7. The van der Waals surface area contributed by atoms with E-state index < -0.39 is 15.8 Å². The third kappa shape index (κ3) is 19.2. The number of nitrogens with zero attached hydrogens (tertiary/aromatic N) is 15. The summed E-state index contributed by atoms with van der Waals surface area (Å²) < 4.78 is 50.3. The number of piperazine rings is 3. The van der Waals surface area contributed by atoms with Crippen LogP contribution in [0, 0.1) is 17.7 Å². The molecule has 9 aromatic rings. The SMILES string of the molecule is CCCCNc1ncc2c(-c3ccc(CN4CCN(C)CC4)cc3)cn(C3CCC(O)CC3)c2n1.CN1CCN(Cc2ccc(-c3cn(C4CCC(O)CC4)c4nc(NCCC5CC5)ncc34)cc2)CC1.CN1CCN(S(=O)(=O)c2ccc(-c3cn(C4CCC(O)CC4)c4nc(NCCC5CC5)ncc34)c(F)c2)CC1. The van der Waals surface area contributed by atoms with Crippen molar-refractivity contribution < 1.29 is 28.1 Å². The second-order valence-corrected chi connectivity index (χ2v) is 35.0. The molecule has 8 fully saturated rings. The molecule has 6 aromatic heterocycles. The van der Waals surface area contributed by atoms with Crippen molar-refractivity contribution in [3.05, 3.63) is 121 Å². The fourth-order valence-corrected chi connectivity index (χ4v) is 18.4. The van der Waals surface area contributed by atoms with E-state index in [1.165, 1.54) is 75.9 Å². The van der Waals surface area contributed by atoms with E-state index in [9.17, 15) is 23.7 Å². The normalized spacial score (nSPS) is 23.1. The molecule has 25 heteroatoms. The minimum Gasteiger partial charge on any atom is -0.393 e. The van der Waals surface area contributed by atoms with Gasteiger partial charge in [0.15, 0.2) is 0 Å². The topological polar surface area (TPSA) is 242 Å². The van der Waals surface area contributed by atoms with E-state index in [1.807, 2.05) is 25.6 Å². The molecule has 17 rings (SSSR count). The third-order valence-corrected chi connectivity index (χ3v) is 26.5. The zero-order valence-electron chi connectivity index (χ0n) is 65.2. The number of likely N-dealkylation sites (N-methyl/N-ethyl adjacent to an activating group) is 3. The van der Waals surface area contributed by atoms with Crippen molar-refractivity contribution >= 4 is 61.0 Å². The summed E-state index contributed by atoms with van der Waals surface area (Å²) in [5, 5.41) is 43.3. The van der Waals surface area contributed by atoms with Crippen molar-refractivity contribution in [3.63, 3.8) is 0 Å². The minimum absolute atomic E-state index is 0.0308. The van der Waals surface area contributed by atoms with Crippen molar-refractivity contribution in [2.24, 2.45) is 11.8 Å². The Bertz CT molecular complexity index is 4610. The molecule has 23 nitrogen and oxygen atoms in total. The Hall–Kier alpha value is -7.56. The molecule has 0 amide bonds. The lowest BCUT2D eigenvalue weighted by Crippen LogP contribution is -2.47. The van der Waals surface area contributed by atoms with Crippen molar-refractivity contribution in [1.29, 1.82) is 0 Å². The highest BCUT2D eigenvalue weighted by Crippen LogP contribution is 2.42. The number of unbranched alkanes of at least 4 members (excludes halogenated alkanes) is 1. The van der Waals surface area contributed by atoms with Crippen molar-refractivity contribution in [3.8, 4) is 33.4 Å². The van der Waals surface area contributed by atoms with E-state index in [2.05, 4.69) is 146 Å². The van der Waals surface area contributed by atoms with E-state index in [0.29, 0.717) is 74.1 Å². The highest BCUT2D eigenvalue weighted by Gasteiger charge is 2.33. The van der Waals surface area contributed by atoms with Gasteiger partial charge in [0, 0.05) is 205 Å². The van der Waals surface area contributed by atoms with Gasteiger partial charge in [-0.2, -0.15) is 19.3 Å². The number of anilines is 3. The molecule has 0 atom stereocenters. The van der Waals surface area contributed by atoms with Crippen LogP contribution in [0.5, 0.6) is 0 Å². The average Bonchev–Trinajstić information content (AvgIpc) is 1.64. The molecule has 9 heterocycles. The van der Waals surface area contributed by atoms with Crippen LogP contribution in [-0.2, 0) is 23.1 Å². The van der Waals surface area contributed by atoms with Gasteiger partial charge in [0.25, 0.3) is 0 Å². The van der Waals surface area contributed by atoms with Crippen LogP contribution in [0.2, 0.25) is 0 Å². The van der Waals surface area contributed by atoms with Crippen LogP contribution in [0.15, 0.2) is 109 Å². The molecular weight excluding hydrogens is 1400 g/mol. The highest BCUT2D eigenvalue weighted by atomic mass is 32.2. The summed E-state index contributed by atoms with van der Waals surface area (Å²) >= 11 is 0. The molecule has 3 aromatic carbocycles. The van der Waals surface area contributed by atoms with Crippen LogP contribution < -0.4 is 16.0 Å². The van der Waals surface area contributed by atoms with E-state index in [0.717, 1.165) is 226 Å². The van der Waals surface area contributed by atoms with Crippen LogP contribution in [0.25, 0.3) is 66.5 Å². The summed E-state index contributed by atoms with van der Waals surface area (Å²) in [7, 11) is 2.59. The van der Waals surface area contributed by atoms with Gasteiger partial charge in [-0.05, 0) is 164 Å². The molecule has 0 spiro atoms. The number of sulfonamides is 1. The minimum atomic E-state index is -3.78. The number of fused-ring (bicyclic) bond motifs is 3. The number of hydrogen-bond acceptors (Lipinski definition) is 19.